The Balaban J connectivity index is 1.55. The first kappa shape index (κ1) is 19.9. The number of carbonyl (C=O) groups is 1. The minimum Gasteiger partial charge on any atom is -0.354 e. The first-order valence-corrected chi connectivity index (χ1v) is 10.7. The lowest BCUT2D eigenvalue weighted by Crippen LogP contribution is -2.42. The fourth-order valence-corrected chi connectivity index (χ4v) is 4.36. The Morgan fingerprint density at radius 3 is 2.93 bits per heavy atom. The molecule has 27 heavy (non-hydrogen) atoms. The molecular weight excluding hydrogens is 360 g/mol. The number of likely N-dealkylation sites (tertiary alicyclic amines) is 1. The lowest BCUT2D eigenvalue weighted by molar-refractivity contribution is -0.118. The van der Waals surface area contributed by atoms with E-state index < -0.39 is 0 Å². The number of piperidine rings is 1. The summed E-state index contributed by atoms with van der Waals surface area (Å²) >= 11 is 1.22. The van der Waals surface area contributed by atoms with Crippen molar-refractivity contribution in [2.75, 3.05) is 25.4 Å². The van der Waals surface area contributed by atoms with Crippen LogP contribution in [0.1, 0.15) is 33.1 Å². The summed E-state index contributed by atoms with van der Waals surface area (Å²) in [6.07, 6.45) is 3.78. The van der Waals surface area contributed by atoms with Crippen molar-refractivity contribution in [1.29, 1.82) is 0 Å². The smallest absolute Gasteiger partial charge is 0.283 e. The third-order valence-corrected chi connectivity index (χ3v) is 6.09. The summed E-state index contributed by atoms with van der Waals surface area (Å²) in [5, 5.41) is 3.35. The van der Waals surface area contributed by atoms with E-state index in [2.05, 4.69) is 22.1 Å². The number of nitrogens with one attached hydrogen (secondary N) is 1. The van der Waals surface area contributed by atoms with E-state index in [1.807, 2.05) is 31.2 Å². The second-order valence-corrected chi connectivity index (χ2v) is 7.94. The molecule has 0 saturated carbocycles. The maximum atomic E-state index is 12.6. The average molecular weight is 389 g/mol. The van der Waals surface area contributed by atoms with E-state index in [0.717, 1.165) is 24.1 Å². The van der Waals surface area contributed by atoms with Gasteiger partial charge < -0.3 is 9.88 Å². The first-order valence-electron chi connectivity index (χ1n) is 9.73. The van der Waals surface area contributed by atoms with Gasteiger partial charge in [0, 0.05) is 25.7 Å². The molecule has 1 saturated heterocycles. The highest BCUT2D eigenvalue weighted by Crippen LogP contribution is 2.17. The topological polar surface area (TPSA) is 67.2 Å². The highest BCUT2D eigenvalue weighted by molar-refractivity contribution is 7.99. The predicted octanol–water partition coefficient (Wildman–Crippen LogP) is 2.50. The van der Waals surface area contributed by atoms with Gasteiger partial charge >= 0.3 is 0 Å². The van der Waals surface area contributed by atoms with Crippen molar-refractivity contribution in [2.24, 2.45) is 0 Å². The summed E-state index contributed by atoms with van der Waals surface area (Å²) in [6.45, 7) is 7.42. The van der Waals surface area contributed by atoms with Crippen molar-refractivity contribution in [3.63, 3.8) is 0 Å². The molecule has 0 bridgehead atoms. The molecule has 2 heterocycles. The Bertz CT molecular complexity index is 851. The van der Waals surface area contributed by atoms with E-state index in [0.29, 0.717) is 24.2 Å². The van der Waals surface area contributed by atoms with Gasteiger partial charge in [0.05, 0.1) is 16.8 Å². The van der Waals surface area contributed by atoms with Crippen LogP contribution in [-0.2, 0) is 11.3 Å². The Labute approximate surface area is 164 Å². The number of benzene rings is 1. The van der Waals surface area contributed by atoms with Crippen LogP contribution in [0.25, 0.3) is 11.0 Å². The van der Waals surface area contributed by atoms with Gasteiger partial charge in [-0.05, 0) is 45.4 Å². The first-order chi connectivity index (χ1) is 13.1. The number of aromatic nitrogens is 2. The van der Waals surface area contributed by atoms with E-state index in [1.54, 1.807) is 4.57 Å². The number of rotatable bonds is 7. The van der Waals surface area contributed by atoms with Gasteiger partial charge in [-0.3, -0.25) is 14.5 Å². The van der Waals surface area contributed by atoms with Gasteiger partial charge in [-0.1, -0.05) is 30.3 Å². The van der Waals surface area contributed by atoms with Gasteiger partial charge in [0.2, 0.25) is 5.91 Å². The molecule has 0 unspecified atom stereocenters. The SMILES string of the molecule is CCn1c(=O)c(SCC(=O)NCCN2CCCC[C@H]2C)nc2ccccc21. The molecule has 1 amide bonds. The highest BCUT2D eigenvalue weighted by Gasteiger charge is 2.18. The lowest BCUT2D eigenvalue weighted by Gasteiger charge is -2.33. The number of para-hydroxylation sites is 2. The van der Waals surface area contributed by atoms with Crippen LogP contribution in [0.4, 0.5) is 0 Å². The largest absolute Gasteiger partial charge is 0.354 e. The van der Waals surface area contributed by atoms with Crippen molar-refractivity contribution in [1.82, 2.24) is 19.8 Å². The molecule has 2 aromatic rings. The molecule has 1 atom stereocenters. The summed E-state index contributed by atoms with van der Waals surface area (Å²) in [7, 11) is 0. The zero-order valence-corrected chi connectivity index (χ0v) is 16.9. The standard InChI is InChI=1S/C20H28N4O2S/c1-3-24-17-10-5-4-9-16(17)22-19(20(24)26)27-14-18(25)21-11-13-23-12-7-6-8-15(23)2/h4-5,9-10,15H,3,6-8,11-14H2,1-2H3,(H,21,25)/t15-/m1/s1. The summed E-state index contributed by atoms with van der Waals surface area (Å²) in [6, 6.07) is 8.20. The maximum absolute atomic E-state index is 12.6. The Kier molecular flexibility index (Phi) is 6.90. The quantitative estimate of drug-likeness (QED) is 0.738. The summed E-state index contributed by atoms with van der Waals surface area (Å²) in [5.74, 6) is 0.155. The van der Waals surface area contributed by atoms with Crippen LogP contribution >= 0.6 is 11.8 Å². The Morgan fingerprint density at radius 1 is 1.33 bits per heavy atom. The zero-order chi connectivity index (χ0) is 19.2. The third kappa shape index (κ3) is 4.90. The fourth-order valence-electron chi connectivity index (χ4n) is 3.59. The number of thioether (sulfide) groups is 1. The molecule has 0 spiro atoms. The number of hydrogen-bond donors (Lipinski definition) is 1. The van der Waals surface area contributed by atoms with Crippen LogP contribution in [0, 0.1) is 0 Å². The van der Waals surface area contributed by atoms with Crippen molar-refractivity contribution in [2.45, 2.75) is 50.7 Å². The highest BCUT2D eigenvalue weighted by atomic mass is 32.2. The van der Waals surface area contributed by atoms with E-state index in [9.17, 15) is 9.59 Å². The number of aryl methyl sites for hydroxylation is 1. The van der Waals surface area contributed by atoms with E-state index in [1.165, 1.54) is 31.0 Å². The minimum atomic E-state index is -0.129. The molecule has 146 valence electrons. The monoisotopic (exact) mass is 388 g/mol. The number of hydrogen-bond acceptors (Lipinski definition) is 5. The molecule has 0 radical (unpaired) electrons. The van der Waals surface area contributed by atoms with Crippen LogP contribution < -0.4 is 10.9 Å². The van der Waals surface area contributed by atoms with Crippen LogP contribution in [0.15, 0.2) is 34.1 Å². The van der Waals surface area contributed by atoms with Crippen LogP contribution in [-0.4, -0.2) is 51.8 Å². The van der Waals surface area contributed by atoms with Crippen LogP contribution in [0.3, 0.4) is 0 Å². The number of carbonyl (C=O) groups excluding carboxylic acids is 1. The maximum Gasteiger partial charge on any atom is 0.283 e. The van der Waals surface area contributed by atoms with Gasteiger partial charge in [-0.2, -0.15) is 0 Å². The van der Waals surface area contributed by atoms with Gasteiger partial charge in [0.25, 0.3) is 5.56 Å². The van der Waals surface area contributed by atoms with Crippen molar-refractivity contribution < 1.29 is 4.79 Å². The van der Waals surface area contributed by atoms with Gasteiger partial charge in [0.1, 0.15) is 0 Å². The number of amides is 1. The molecule has 1 aliphatic rings. The van der Waals surface area contributed by atoms with Crippen molar-refractivity contribution in [3.05, 3.63) is 34.6 Å². The molecule has 6 nitrogen and oxygen atoms in total. The third-order valence-electron chi connectivity index (χ3n) is 5.14. The van der Waals surface area contributed by atoms with E-state index >= 15 is 0 Å². The number of fused-ring (bicyclic) bond motifs is 1. The van der Waals surface area contributed by atoms with E-state index in [4.69, 9.17) is 0 Å². The molecule has 0 aliphatic carbocycles. The second kappa shape index (κ2) is 9.37. The molecule has 1 fully saturated rings. The number of nitrogens with zero attached hydrogens (tertiary/aromatic N) is 3. The van der Waals surface area contributed by atoms with E-state index in [-0.39, 0.29) is 17.2 Å². The lowest BCUT2D eigenvalue weighted by atomic mass is 10.0. The normalized spacial score (nSPS) is 17.9. The zero-order valence-electron chi connectivity index (χ0n) is 16.1. The summed E-state index contributed by atoms with van der Waals surface area (Å²) < 4.78 is 1.71. The Morgan fingerprint density at radius 2 is 2.15 bits per heavy atom. The van der Waals surface area contributed by atoms with Crippen molar-refractivity contribution in [3.8, 4) is 0 Å². The van der Waals surface area contributed by atoms with Crippen LogP contribution in [0.5, 0.6) is 0 Å². The van der Waals surface area contributed by atoms with Crippen LogP contribution in [0.2, 0.25) is 0 Å². The molecule has 7 heteroatoms. The minimum absolute atomic E-state index is 0.0536. The molecular formula is C20H28N4O2S. The predicted molar refractivity (Wildman–Crippen MR) is 110 cm³/mol. The van der Waals surface area contributed by atoms with Crippen molar-refractivity contribution >= 4 is 28.7 Å². The molecule has 1 aromatic carbocycles. The van der Waals surface area contributed by atoms with Gasteiger partial charge in [-0.25, -0.2) is 4.98 Å². The van der Waals surface area contributed by atoms with Gasteiger partial charge in [0.15, 0.2) is 5.03 Å². The fraction of sp³-hybridized carbons (Fsp3) is 0.550. The second-order valence-electron chi connectivity index (χ2n) is 6.97. The Hall–Kier alpha value is -1.86. The molecule has 1 N–H and O–H groups in total. The summed E-state index contributed by atoms with van der Waals surface area (Å²) in [5.41, 5.74) is 1.48. The average Bonchev–Trinajstić information content (AvgIpc) is 2.68. The summed E-state index contributed by atoms with van der Waals surface area (Å²) in [4.78, 5) is 31.7. The molecule has 1 aliphatic heterocycles. The molecule has 1 aromatic heterocycles. The van der Waals surface area contributed by atoms with Gasteiger partial charge in [-0.15, -0.1) is 0 Å². The molecule has 3 rings (SSSR count).